The molecule has 2 aromatic rings. The first-order valence-electron chi connectivity index (χ1n) is 10.5. The molecule has 0 atom stereocenters. The van der Waals surface area contributed by atoms with Crippen LogP contribution in [-0.2, 0) is 10.0 Å². The Bertz CT molecular complexity index is 962. The molecular formula is C21H28N4O3S2. The number of carbonyl (C=O) groups is 1. The number of nitrogens with one attached hydrogen (secondary N) is 2. The Morgan fingerprint density at radius 3 is 2.40 bits per heavy atom. The minimum absolute atomic E-state index is 0.0115. The average molecular weight is 449 g/mol. The number of sulfonamides is 1. The third kappa shape index (κ3) is 4.79. The lowest BCUT2D eigenvalue weighted by molar-refractivity contribution is 0.0762. The summed E-state index contributed by atoms with van der Waals surface area (Å²) in [4.78, 5) is 17.6. The third-order valence-electron chi connectivity index (χ3n) is 5.59. The zero-order chi connectivity index (χ0) is 21.0. The van der Waals surface area contributed by atoms with Crippen LogP contribution in [0.3, 0.4) is 0 Å². The van der Waals surface area contributed by atoms with Crippen LogP contribution in [-0.4, -0.2) is 58.5 Å². The molecule has 0 saturated carbocycles. The van der Waals surface area contributed by atoms with Crippen LogP contribution in [0, 0.1) is 0 Å². The summed E-state index contributed by atoms with van der Waals surface area (Å²) in [5.41, 5.74) is 1.87. The van der Waals surface area contributed by atoms with E-state index in [0.717, 1.165) is 70.6 Å². The maximum absolute atomic E-state index is 13.5. The van der Waals surface area contributed by atoms with Gasteiger partial charge in [0.1, 0.15) is 4.21 Å². The molecule has 2 saturated heterocycles. The molecule has 30 heavy (non-hydrogen) atoms. The van der Waals surface area contributed by atoms with Crippen molar-refractivity contribution in [1.29, 1.82) is 0 Å². The fourth-order valence-electron chi connectivity index (χ4n) is 4.02. The number of piperazine rings is 1. The van der Waals surface area contributed by atoms with Crippen molar-refractivity contribution in [2.75, 3.05) is 48.9 Å². The molecular weight excluding hydrogens is 420 g/mol. The Morgan fingerprint density at radius 1 is 1.00 bits per heavy atom. The van der Waals surface area contributed by atoms with Gasteiger partial charge in [-0.15, -0.1) is 11.3 Å². The lowest BCUT2D eigenvalue weighted by atomic mass is 10.1. The molecule has 1 aromatic heterocycles. The molecule has 0 aliphatic carbocycles. The predicted molar refractivity (Wildman–Crippen MR) is 121 cm³/mol. The molecule has 0 unspecified atom stereocenters. The van der Waals surface area contributed by atoms with Gasteiger partial charge in [-0.1, -0.05) is 18.9 Å². The molecule has 2 fully saturated rings. The Balaban J connectivity index is 1.66. The van der Waals surface area contributed by atoms with Gasteiger partial charge in [0.15, 0.2) is 0 Å². The number of anilines is 2. The summed E-state index contributed by atoms with van der Waals surface area (Å²) in [6.07, 6.45) is 4.32. The lowest BCUT2D eigenvalue weighted by Gasteiger charge is -2.32. The van der Waals surface area contributed by atoms with Crippen molar-refractivity contribution in [3.05, 3.63) is 41.3 Å². The molecule has 1 aromatic carbocycles. The van der Waals surface area contributed by atoms with E-state index < -0.39 is 10.0 Å². The number of carbonyl (C=O) groups excluding carboxylic acids is 1. The monoisotopic (exact) mass is 448 g/mol. The summed E-state index contributed by atoms with van der Waals surface area (Å²) in [6, 6.07) is 8.62. The van der Waals surface area contributed by atoms with E-state index in [4.69, 9.17) is 0 Å². The van der Waals surface area contributed by atoms with E-state index in [2.05, 4.69) is 14.9 Å². The van der Waals surface area contributed by atoms with Crippen molar-refractivity contribution in [1.82, 2.24) is 10.2 Å². The predicted octanol–water partition coefficient (Wildman–Crippen LogP) is 2.97. The topological polar surface area (TPSA) is 81.8 Å². The molecule has 4 rings (SSSR count). The maximum Gasteiger partial charge on any atom is 0.271 e. The molecule has 1 amide bonds. The van der Waals surface area contributed by atoms with Crippen LogP contribution in [0.1, 0.15) is 36.0 Å². The Kier molecular flexibility index (Phi) is 6.60. The third-order valence-corrected chi connectivity index (χ3v) is 8.37. The van der Waals surface area contributed by atoms with Gasteiger partial charge in [-0.3, -0.25) is 9.52 Å². The fourth-order valence-corrected chi connectivity index (χ4v) is 6.06. The average Bonchev–Trinajstić information content (AvgIpc) is 3.18. The molecule has 162 valence electrons. The summed E-state index contributed by atoms with van der Waals surface area (Å²) in [7, 11) is -3.66. The quantitative estimate of drug-likeness (QED) is 0.735. The maximum atomic E-state index is 13.5. The van der Waals surface area contributed by atoms with E-state index >= 15 is 0 Å². The second kappa shape index (κ2) is 9.36. The minimum atomic E-state index is -3.66. The Morgan fingerprint density at radius 2 is 1.73 bits per heavy atom. The second-order valence-electron chi connectivity index (χ2n) is 7.71. The van der Waals surface area contributed by atoms with E-state index in [1.54, 1.807) is 29.6 Å². The number of amides is 1. The first-order valence-corrected chi connectivity index (χ1v) is 12.9. The van der Waals surface area contributed by atoms with Crippen LogP contribution < -0.4 is 14.9 Å². The lowest BCUT2D eigenvalue weighted by Crippen LogP contribution is -2.44. The number of rotatable bonds is 5. The molecule has 2 aliphatic heterocycles. The summed E-state index contributed by atoms with van der Waals surface area (Å²) < 4.78 is 28.2. The number of thiophene rings is 1. The van der Waals surface area contributed by atoms with Crippen molar-refractivity contribution in [3.63, 3.8) is 0 Å². The van der Waals surface area contributed by atoms with Crippen molar-refractivity contribution in [2.24, 2.45) is 0 Å². The van der Waals surface area contributed by atoms with Gasteiger partial charge in [0.2, 0.25) is 0 Å². The summed E-state index contributed by atoms with van der Waals surface area (Å²) in [6.45, 7) is 4.88. The molecule has 2 N–H and O–H groups in total. The van der Waals surface area contributed by atoms with Crippen molar-refractivity contribution in [3.8, 4) is 0 Å². The number of nitrogens with zero attached hydrogens (tertiary/aromatic N) is 2. The number of likely N-dealkylation sites (tertiary alicyclic amines) is 1. The van der Waals surface area contributed by atoms with E-state index in [9.17, 15) is 13.2 Å². The second-order valence-corrected chi connectivity index (χ2v) is 10.6. The van der Waals surface area contributed by atoms with Gasteiger partial charge in [0.05, 0.1) is 5.56 Å². The normalized spacial score (nSPS) is 18.1. The first-order chi connectivity index (χ1) is 14.5. The Hall–Kier alpha value is -2.10. The highest BCUT2D eigenvalue weighted by molar-refractivity contribution is 7.94. The van der Waals surface area contributed by atoms with Crippen LogP contribution in [0.25, 0.3) is 0 Å². The first kappa shape index (κ1) is 21.1. The number of hydrogen-bond donors (Lipinski definition) is 2. The standard InChI is InChI=1S/C21H28N4O3S2/c26-21(25-11-3-1-2-4-12-25)18-16-17(23-30(27,28)20-6-5-15-29-20)7-8-19(18)24-13-9-22-10-14-24/h5-8,15-16,22-23H,1-4,9-14H2. The molecule has 3 heterocycles. The SMILES string of the molecule is O=C(c1cc(NS(=O)(=O)c2cccs2)ccc1N1CCNCC1)N1CCCCCC1. The number of benzene rings is 1. The zero-order valence-corrected chi connectivity index (χ0v) is 18.6. The summed E-state index contributed by atoms with van der Waals surface area (Å²) >= 11 is 1.17. The van der Waals surface area contributed by atoms with Crippen LogP contribution in [0.5, 0.6) is 0 Å². The highest BCUT2D eigenvalue weighted by atomic mass is 32.2. The van der Waals surface area contributed by atoms with Crippen LogP contribution >= 0.6 is 11.3 Å². The van der Waals surface area contributed by atoms with Gasteiger partial charge in [-0.2, -0.15) is 0 Å². The minimum Gasteiger partial charge on any atom is -0.368 e. The summed E-state index contributed by atoms with van der Waals surface area (Å²) in [5.74, 6) is -0.0115. The molecule has 0 radical (unpaired) electrons. The smallest absolute Gasteiger partial charge is 0.271 e. The van der Waals surface area contributed by atoms with E-state index in [1.165, 1.54) is 11.3 Å². The van der Waals surface area contributed by atoms with Gasteiger partial charge < -0.3 is 15.1 Å². The van der Waals surface area contributed by atoms with E-state index in [1.807, 2.05) is 11.0 Å². The van der Waals surface area contributed by atoms with Crippen molar-refractivity contribution >= 4 is 38.6 Å². The highest BCUT2D eigenvalue weighted by Gasteiger charge is 2.25. The van der Waals surface area contributed by atoms with Crippen molar-refractivity contribution in [2.45, 2.75) is 29.9 Å². The molecule has 7 nitrogen and oxygen atoms in total. The number of hydrogen-bond acceptors (Lipinski definition) is 6. The zero-order valence-electron chi connectivity index (χ0n) is 17.0. The largest absolute Gasteiger partial charge is 0.368 e. The fraction of sp³-hybridized carbons (Fsp3) is 0.476. The van der Waals surface area contributed by atoms with E-state index in [0.29, 0.717) is 11.3 Å². The van der Waals surface area contributed by atoms with Gasteiger partial charge in [0.25, 0.3) is 15.9 Å². The van der Waals surface area contributed by atoms with Gasteiger partial charge in [0, 0.05) is 50.6 Å². The van der Waals surface area contributed by atoms with Gasteiger partial charge in [-0.25, -0.2) is 8.42 Å². The van der Waals surface area contributed by atoms with Crippen LogP contribution in [0.2, 0.25) is 0 Å². The Labute approximate surface area is 182 Å². The van der Waals surface area contributed by atoms with E-state index in [-0.39, 0.29) is 10.1 Å². The molecule has 0 spiro atoms. The molecule has 0 bridgehead atoms. The van der Waals surface area contributed by atoms with Crippen LogP contribution in [0.15, 0.2) is 39.9 Å². The van der Waals surface area contributed by atoms with Crippen LogP contribution in [0.4, 0.5) is 11.4 Å². The summed E-state index contributed by atoms with van der Waals surface area (Å²) in [5, 5.41) is 5.07. The van der Waals surface area contributed by atoms with Gasteiger partial charge in [-0.05, 0) is 42.5 Å². The molecule has 2 aliphatic rings. The highest BCUT2D eigenvalue weighted by Crippen LogP contribution is 2.29. The van der Waals surface area contributed by atoms with Crippen molar-refractivity contribution < 1.29 is 13.2 Å². The van der Waals surface area contributed by atoms with Gasteiger partial charge >= 0.3 is 0 Å². The molecule has 9 heteroatoms.